The Morgan fingerprint density at radius 3 is 2.62 bits per heavy atom. The molecule has 0 aliphatic carbocycles. The highest BCUT2D eigenvalue weighted by molar-refractivity contribution is 5.91. The van der Waals surface area contributed by atoms with Crippen molar-refractivity contribution in [1.29, 1.82) is 0 Å². The lowest BCUT2D eigenvalue weighted by atomic mass is 10.1. The van der Waals surface area contributed by atoms with Crippen LogP contribution in [0.25, 0.3) is 11.3 Å². The van der Waals surface area contributed by atoms with Crippen LogP contribution in [0.4, 0.5) is 0 Å². The third kappa shape index (κ3) is 3.72. The summed E-state index contributed by atoms with van der Waals surface area (Å²) in [5.74, 6) is -0.306. The number of ether oxygens (including phenoxy) is 1. The molecule has 0 atom stereocenters. The molecule has 1 aromatic carbocycles. The predicted octanol–water partition coefficient (Wildman–Crippen LogP) is 4.09. The molecule has 1 aromatic heterocycles. The highest BCUT2D eigenvalue weighted by atomic mass is 16.6. The number of nitrogens with zero attached hydrogens (tertiary/aromatic N) is 2. The Kier molecular flexibility index (Phi) is 4.16. The number of aromatic nitrogens is 2. The van der Waals surface area contributed by atoms with Gasteiger partial charge in [0.25, 0.3) is 0 Å². The van der Waals surface area contributed by atoms with E-state index in [1.807, 2.05) is 45.2 Å². The molecule has 2 rings (SSSR count). The van der Waals surface area contributed by atoms with Crippen LogP contribution in [0.2, 0.25) is 0 Å². The molecule has 4 nitrogen and oxygen atoms in total. The summed E-state index contributed by atoms with van der Waals surface area (Å²) in [5, 5.41) is 0. The Morgan fingerprint density at radius 2 is 2.00 bits per heavy atom. The maximum Gasteiger partial charge on any atom is 0.338 e. The molecule has 0 saturated carbocycles. The Labute approximate surface area is 125 Å². The molecule has 0 radical (unpaired) electrons. The first-order chi connectivity index (χ1) is 9.78. The van der Waals surface area contributed by atoms with E-state index in [4.69, 9.17) is 4.74 Å². The van der Waals surface area contributed by atoms with Crippen molar-refractivity contribution in [2.24, 2.45) is 0 Å². The summed E-state index contributed by atoms with van der Waals surface area (Å²) in [6.07, 6.45) is 3.62. The minimum atomic E-state index is -0.493. The molecule has 0 unspecified atom stereocenters. The van der Waals surface area contributed by atoms with Crippen molar-refractivity contribution in [3.05, 3.63) is 42.4 Å². The quantitative estimate of drug-likeness (QED) is 0.798. The number of carbonyl (C=O) groups excluding carboxylic acids is 1. The molecule has 0 fully saturated rings. The van der Waals surface area contributed by atoms with Crippen LogP contribution in [-0.4, -0.2) is 21.1 Å². The zero-order chi connectivity index (χ0) is 15.6. The fourth-order valence-corrected chi connectivity index (χ4v) is 2.08. The number of imidazole rings is 1. The van der Waals surface area contributed by atoms with Gasteiger partial charge in [0.15, 0.2) is 0 Å². The van der Waals surface area contributed by atoms with E-state index in [2.05, 4.69) is 23.4 Å². The van der Waals surface area contributed by atoms with Gasteiger partial charge in [-0.05, 0) is 46.8 Å². The number of esters is 1. The summed E-state index contributed by atoms with van der Waals surface area (Å²) in [6.45, 7) is 9.79. The van der Waals surface area contributed by atoms with Gasteiger partial charge in [0, 0.05) is 11.6 Å². The molecule has 2 aromatic rings. The molecule has 4 heteroatoms. The number of benzene rings is 1. The molecule has 0 aliphatic heterocycles. The fourth-order valence-electron chi connectivity index (χ4n) is 2.08. The first-order valence-corrected chi connectivity index (χ1v) is 7.13. The predicted molar refractivity (Wildman–Crippen MR) is 83.2 cm³/mol. The number of hydrogen-bond acceptors (Lipinski definition) is 3. The second kappa shape index (κ2) is 5.72. The summed E-state index contributed by atoms with van der Waals surface area (Å²) < 4.78 is 7.49. The minimum absolute atomic E-state index is 0.306. The first kappa shape index (κ1) is 15.3. The van der Waals surface area contributed by atoms with Gasteiger partial charge in [0.05, 0.1) is 23.8 Å². The first-order valence-electron chi connectivity index (χ1n) is 7.13. The summed E-state index contributed by atoms with van der Waals surface area (Å²) in [6, 6.07) is 7.78. The highest BCUT2D eigenvalue weighted by Crippen LogP contribution is 2.24. The van der Waals surface area contributed by atoms with Crippen molar-refractivity contribution in [3.63, 3.8) is 0 Å². The largest absolute Gasteiger partial charge is 0.456 e. The van der Waals surface area contributed by atoms with Crippen molar-refractivity contribution in [1.82, 2.24) is 9.55 Å². The third-order valence-corrected chi connectivity index (χ3v) is 3.02. The van der Waals surface area contributed by atoms with Crippen LogP contribution < -0.4 is 0 Å². The summed E-state index contributed by atoms with van der Waals surface area (Å²) in [4.78, 5) is 16.4. The molecule has 0 N–H and O–H groups in total. The van der Waals surface area contributed by atoms with Crippen molar-refractivity contribution in [2.75, 3.05) is 0 Å². The lowest BCUT2D eigenvalue weighted by Crippen LogP contribution is -2.23. The van der Waals surface area contributed by atoms with Crippen molar-refractivity contribution in [3.8, 4) is 11.3 Å². The summed E-state index contributed by atoms with van der Waals surface area (Å²) in [5.41, 5.74) is 2.02. The van der Waals surface area contributed by atoms with E-state index in [0.29, 0.717) is 11.6 Å². The molecule has 0 amide bonds. The second-order valence-corrected chi connectivity index (χ2v) is 6.36. The lowest BCUT2D eigenvalue weighted by molar-refractivity contribution is 0.00696. The smallest absolute Gasteiger partial charge is 0.338 e. The van der Waals surface area contributed by atoms with E-state index in [9.17, 15) is 4.79 Å². The van der Waals surface area contributed by atoms with E-state index < -0.39 is 5.60 Å². The molecule has 0 spiro atoms. The van der Waals surface area contributed by atoms with Crippen molar-refractivity contribution < 1.29 is 9.53 Å². The van der Waals surface area contributed by atoms with E-state index >= 15 is 0 Å². The molecule has 0 bridgehead atoms. The fraction of sp³-hybridized carbons (Fsp3) is 0.412. The Balaban J connectivity index is 2.34. The molecule has 0 aliphatic rings. The summed E-state index contributed by atoms with van der Waals surface area (Å²) in [7, 11) is 0. The van der Waals surface area contributed by atoms with E-state index in [-0.39, 0.29) is 5.97 Å². The van der Waals surface area contributed by atoms with Gasteiger partial charge in [0.2, 0.25) is 0 Å². The lowest BCUT2D eigenvalue weighted by Gasteiger charge is -2.19. The SMILES string of the molecule is CC(C)n1cncc1-c1cccc(C(=O)OC(C)(C)C)c1. The second-order valence-electron chi connectivity index (χ2n) is 6.36. The van der Waals surface area contributed by atoms with Gasteiger partial charge in [-0.1, -0.05) is 12.1 Å². The van der Waals surface area contributed by atoms with Gasteiger partial charge in [-0.15, -0.1) is 0 Å². The van der Waals surface area contributed by atoms with E-state index in [0.717, 1.165) is 11.3 Å². The standard InChI is InChI=1S/C17H22N2O2/c1-12(2)19-11-18-10-15(19)13-7-6-8-14(9-13)16(20)21-17(3,4)5/h6-12H,1-5H3. The minimum Gasteiger partial charge on any atom is -0.456 e. The highest BCUT2D eigenvalue weighted by Gasteiger charge is 2.18. The van der Waals surface area contributed by atoms with Crippen LogP contribution in [0, 0.1) is 0 Å². The monoisotopic (exact) mass is 286 g/mol. The zero-order valence-electron chi connectivity index (χ0n) is 13.3. The third-order valence-electron chi connectivity index (χ3n) is 3.02. The Morgan fingerprint density at radius 1 is 1.29 bits per heavy atom. The Bertz CT molecular complexity index is 636. The van der Waals surface area contributed by atoms with Gasteiger partial charge in [-0.2, -0.15) is 0 Å². The molecule has 21 heavy (non-hydrogen) atoms. The maximum atomic E-state index is 12.2. The molecular formula is C17H22N2O2. The van der Waals surface area contributed by atoms with Crippen LogP contribution in [0.1, 0.15) is 51.0 Å². The van der Waals surface area contributed by atoms with Crippen molar-refractivity contribution >= 4 is 5.97 Å². The average molecular weight is 286 g/mol. The van der Waals surface area contributed by atoms with Gasteiger partial charge in [-0.3, -0.25) is 0 Å². The van der Waals surface area contributed by atoms with E-state index in [1.54, 1.807) is 12.4 Å². The maximum absolute atomic E-state index is 12.2. The van der Waals surface area contributed by atoms with Gasteiger partial charge in [0.1, 0.15) is 5.60 Å². The normalized spacial score (nSPS) is 11.7. The van der Waals surface area contributed by atoms with E-state index in [1.165, 1.54) is 0 Å². The zero-order valence-corrected chi connectivity index (χ0v) is 13.3. The Hall–Kier alpha value is -2.10. The van der Waals surface area contributed by atoms with Gasteiger partial charge in [-0.25, -0.2) is 9.78 Å². The number of carbonyl (C=O) groups is 1. The van der Waals surface area contributed by atoms with Crippen LogP contribution in [-0.2, 0) is 4.74 Å². The number of hydrogen-bond donors (Lipinski definition) is 0. The molecule has 0 saturated heterocycles. The molecular weight excluding hydrogens is 264 g/mol. The molecule has 112 valence electrons. The van der Waals surface area contributed by atoms with Crippen LogP contribution >= 0.6 is 0 Å². The van der Waals surface area contributed by atoms with Crippen LogP contribution in [0.3, 0.4) is 0 Å². The van der Waals surface area contributed by atoms with Crippen molar-refractivity contribution in [2.45, 2.75) is 46.3 Å². The van der Waals surface area contributed by atoms with Crippen LogP contribution in [0.15, 0.2) is 36.8 Å². The van der Waals surface area contributed by atoms with Gasteiger partial charge < -0.3 is 9.30 Å². The van der Waals surface area contributed by atoms with Gasteiger partial charge >= 0.3 is 5.97 Å². The van der Waals surface area contributed by atoms with Crippen LogP contribution in [0.5, 0.6) is 0 Å². The summed E-state index contributed by atoms with van der Waals surface area (Å²) >= 11 is 0. The topological polar surface area (TPSA) is 44.1 Å². The average Bonchev–Trinajstić information content (AvgIpc) is 2.86. The molecule has 1 heterocycles. The number of rotatable bonds is 3.